The molecule has 4 N–H and O–H groups in total. The van der Waals surface area contributed by atoms with Crippen molar-refractivity contribution in [3.63, 3.8) is 0 Å². The lowest BCUT2D eigenvalue weighted by Crippen LogP contribution is -2.47. The monoisotopic (exact) mass is 560 g/mol. The number of aromatic nitrogens is 2. The number of hydrogen-bond donors (Lipinski definition) is 4. The van der Waals surface area contributed by atoms with Crippen LogP contribution in [-0.4, -0.2) is 64.8 Å². The van der Waals surface area contributed by atoms with Crippen LogP contribution in [0, 0.1) is 23.5 Å². The highest BCUT2D eigenvalue weighted by Gasteiger charge is 2.28. The van der Waals surface area contributed by atoms with Crippen LogP contribution < -0.4 is 10.6 Å². The normalized spacial score (nSPS) is 20.3. The van der Waals surface area contributed by atoms with E-state index < -0.39 is 11.9 Å². The first-order valence-electron chi connectivity index (χ1n) is 14.2. The van der Waals surface area contributed by atoms with E-state index in [2.05, 4.69) is 20.6 Å². The molecule has 5 atom stereocenters. The lowest BCUT2D eigenvalue weighted by atomic mass is 9.88. The summed E-state index contributed by atoms with van der Waals surface area (Å²) in [5.41, 5.74) is 3.02. The Morgan fingerprint density at radius 3 is 2.38 bits per heavy atom. The molecule has 4 heterocycles. The van der Waals surface area contributed by atoms with Gasteiger partial charge in [-0.2, -0.15) is 0 Å². The molecule has 0 amide bonds. The number of ether oxygens (including phenoxy) is 2. The fourth-order valence-electron chi connectivity index (χ4n) is 5.38. The fourth-order valence-corrected chi connectivity index (χ4v) is 5.38. The minimum atomic E-state index is -0.757. The summed E-state index contributed by atoms with van der Waals surface area (Å²) in [5, 5.41) is 27.8. The average molecular weight is 561 g/mol. The third-order valence-corrected chi connectivity index (χ3v) is 7.92. The van der Waals surface area contributed by atoms with Crippen LogP contribution in [0.2, 0.25) is 0 Å². The van der Waals surface area contributed by atoms with Gasteiger partial charge in [-0.3, -0.25) is 4.98 Å². The SMILES string of the molecule is CC(CC(O)[C@H](NCc1nc(C2CCOC2)ccc1F)C(C)C)C(CO)NCc1nc(C2=COCC2)ccc1F. The van der Waals surface area contributed by atoms with Gasteiger partial charge in [0.25, 0.3) is 0 Å². The summed E-state index contributed by atoms with van der Waals surface area (Å²) in [4.78, 5) is 9.00. The number of halogens is 2. The molecule has 1 saturated heterocycles. The molecular formula is C30H42F2N4O4. The second-order valence-electron chi connectivity index (χ2n) is 11.2. The number of pyridine rings is 2. The molecule has 0 aromatic carbocycles. The van der Waals surface area contributed by atoms with Gasteiger partial charge in [0.15, 0.2) is 0 Å². The molecule has 4 rings (SSSR count). The van der Waals surface area contributed by atoms with Crippen LogP contribution in [0.1, 0.15) is 68.7 Å². The van der Waals surface area contributed by atoms with Crippen molar-refractivity contribution in [3.05, 3.63) is 64.9 Å². The smallest absolute Gasteiger partial charge is 0.146 e. The summed E-state index contributed by atoms with van der Waals surface area (Å²) >= 11 is 0. The number of aliphatic hydroxyl groups is 2. The van der Waals surface area contributed by atoms with Gasteiger partial charge < -0.3 is 30.3 Å². The predicted octanol–water partition coefficient (Wildman–Crippen LogP) is 3.67. The Bertz CT molecular complexity index is 1140. The van der Waals surface area contributed by atoms with Crippen molar-refractivity contribution in [2.24, 2.45) is 11.8 Å². The maximum atomic E-state index is 14.6. The van der Waals surface area contributed by atoms with Crippen molar-refractivity contribution in [1.82, 2.24) is 20.6 Å². The molecule has 8 nitrogen and oxygen atoms in total. The minimum absolute atomic E-state index is 0.0621. The van der Waals surface area contributed by atoms with E-state index in [0.29, 0.717) is 37.6 Å². The van der Waals surface area contributed by atoms with Crippen molar-refractivity contribution in [2.75, 3.05) is 26.4 Å². The van der Waals surface area contributed by atoms with E-state index in [1.165, 1.54) is 12.1 Å². The Morgan fingerprint density at radius 1 is 1.00 bits per heavy atom. The van der Waals surface area contributed by atoms with Gasteiger partial charge in [0.1, 0.15) is 11.6 Å². The van der Waals surface area contributed by atoms with Crippen LogP contribution in [0.5, 0.6) is 0 Å². The van der Waals surface area contributed by atoms with Gasteiger partial charge in [-0.1, -0.05) is 20.8 Å². The molecule has 0 bridgehead atoms. The second-order valence-corrected chi connectivity index (χ2v) is 11.2. The van der Waals surface area contributed by atoms with Crippen LogP contribution in [0.15, 0.2) is 30.5 Å². The van der Waals surface area contributed by atoms with E-state index in [-0.39, 0.29) is 61.0 Å². The molecule has 0 aliphatic carbocycles. The topological polar surface area (TPSA) is 109 Å². The summed E-state index contributed by atoms with van der Waals surface area (Å²) in [6.45, 7) is 7.94. The van der Waals surface area contributed by atoms with E-state index >= 15 is 0 Å². The number of aliphatic hydroxyl groups excluding tert-OH is 2. The molecule has 0 spiro atoms. The third kappa shape index (κ3) is 7.82. The summed E-state index contributed by atoms with van der Waals surface area (Å²) in [6.07, 6.45) is 2.88. The van der Waals surface area contributed by atoms with E-state index in [1.807, 2.05) is 20.8 Å². The molecule has 2 aromatic heterocycles. The molecule has 0 saturated carbocycles. The zero-order valence-corrected chi connectivity index (χ0v) is 23.6. The standard InChI is InChI=1S/C30H42F2N4O4/c1-18(2)30(34-14-27-23(32)5-7-25(36-27)21-9-11-40-17-21)29(38)12-19(3)28(15-37)33-13-26-22(31)4-6-24(35-26)20-8-10-39-16-20/h4-7,16,18-19,21,28-30,33-34,37-38H,8-15,17H2,1-3H3/t19?,21?,28?,29?,30-/m1/s1. The first-order chi connectivity index (χ1) is 19.3. The molecule has 2 aromatic rings. The van der Waals surface area contributed by atoms with Crippen LogP contribution in [0.25, 0.3) is 5.57 Å². The molecule has 40 heavy (non-hydrogen) atoms. The first-order valence-corrected chi connectivity index (χ1v) is 14.2. The molecule has 4 unspecified atom stereocenters. The second kappa shape index (κ2) is 14.4. The average Bonchev–Trinajstić information content (AvgIpc) is 3.66. The molecule has 2 aliphatic heterocycles. The van der Waals surface area contributed by atoms with Gasteiger partial charge in [0.2, 0.25) is 0 Å². The number of nitrogens with zero attached hydrogens (tertiary/aromatic N) is 2. The Balaban J connectivity index is 1.34. The van der Waals surface area contributed by atoms with E-state index in [9.17, 15) is 19.0 Å². The lowest BCUT2D eigenvalue weighted by Gasteiger charge is -2.32. The largest absolute Gasteiger partial charge is 0.500 e. The molecule has 2 aliphatic rings. The quantitative estimate of drug-likeness (QED) is 0.277. The van der Waals surface area contributed by atoms with Crippen LogP contribution in [-0.2, 0) is 22.6 Å². The van der Waals surface area contributed by atoms with Gasteiger partial charge in [0, 0.05) is 55.4 Å². The van der Waals surface area contributed by atoms with Crippen LogP contribution in [0.3, 0.4) is 0 Å². The van der Waals surface area contributed by atoms with Crippen molar-refractivity contribution < 1.29 is 28.5 Å². The highest BCUT2D eigenvalue weighted by Crippen LogP contribution is 2.25. The molecular weight excluding hydrogens is 518 g/mol. The Hall–Kier alpha value is -2.50. The number of rotatable bonds is 14. The molecule has 10 heteroatoms. The summed E-state index contributed by atoms with van der Waals surface area (Å²) < 4.78 is 39.8. The lowest BCUT2D eigenvalue weighted by molar-refractivity contribution is 0.0687. The summed E-state index contributed by atoms with van der Waals surface area (Å²) in [7, 11) is 0. The minimum Gasteiger partial charge on any atom is -0.500 e. The van der Waals surface area contributed by atoms with Crippen molar-refractivity contribution in [1.29, 1.82) is 0 Å². The summed E-state index contributed by atoms with van der Waals surface area (Å²) in [5.74, 6) is -0.705. The van der Waals surface area contributed by atoms with Crippen molar-refractivity contribution in [2.45, 2.75) is 77.2 Å². The van der Waals surface area contributed by atoms with Gasteiger partial charge in [-0.15, -0.1) is 0 Å². The van der Waals surface area contributed by atoms with E-state index in [0.717, 1.165) is 24.1 Å². The van der Waals surface area contributed by atoms with Crippen molar-refractivity contribution >= 4 is 5.57 Å². The van der Waals surface area contributed by atoms with E-state index in [4.69, 9.17) is 9.47 Å². The predicted molar refractivity (Wildman–Crippen MR) is 148 cm³/mol. The highest BCUT2D eigenvalue weighted by molar-refractivity contribution is 5.62. The molecule has 220 valence electrons. The van der Waals surface area contributed by atoms with Gasteiger partial charge in [0.05, 0.1) is 49.3 Å². The Kier molecular flexibility index (Phi) is 11.0. The maximum Gasteiger partial charge on any atom is 0.146 e. The molecule has 0 radical (unpaired) electrons. The van der Waals surface area contributed by atoms with Gasteiger partial charge in [-0.25, -0.2) is 13.8 Å². The summed E-state index contributed by atoms with van der Waals surface area (Å²) in [6, 6.07) is 5.50. The number of nitrogens with one attached hydrogen (secondary N) is 2. The van der Waals surface area contributed by atoms with Crippen molar-refractivity contribution in [3.8, 4) is 0 Å². The zero-order chi connectivity index (χ0) is 28.6. The third-order valence-electron chi connectivity index (χ3n) is 7.92. The fraction of sp³-hybridized carbons (Fsp3) is 0.600. The molecule has 1 fully saturated rings. The maximum absolute atomic E-state index is 14.6. The zero-order valence-electron chi connectivity index (χ0n) is 23.6. The highest BCUT2D eigenvalue weighted by atomic mass is 19.1. The number of hydrogen-bond acceptors (Lipinski definition) is 8. The van der Waals surface area contributed by atoms with Crippen LogP contribution >= 0.6 is 0 Å². The van der Waals surface area contributed by atoms with Crippen LogP contribution in [0.4, 0.5) is 8.78 Å². The Labute approximate surface area is 235 Å². The van der Waals surface area contributed by atoms with E-state index in [1.54, 1.807) is 18.4 Å². The van der Waals surface area contributed by atoms with Gasteiger partial charge in [-0.05, 0) is 48.9 Å². The Morgan fingerprint density at radius 2 is 1.73 bits per heavy atom. The van der Waals surface area contributed by atoms with Gasteiger partial charge >= 0.3 is 0 Å². The first kappa shape index (κ1) is 30.5.